The van der Waals surface area contributed by atoms with Crippen LogP contribution >= 0.6 is 11.8 Å². The second kappa shape index (κ2) is 11.4. The number of carbonyl (C=O) groups excluding carboxylic acids is 2. The molecule has 1 fully saturated rings. The van der Waals surface area contributed by atoms with Crippen molar-refractivity contribution in [3.05, 3.63) is 78.1 Å². The largest absolute Gasteiger partial charge is 0.486 e. The molecule has 8 nitrogen and oxygen atoms in total. The molecule has 1 aliphatic rings. The van der Waals surface area contributed by atoms with E-state index in [1.54, 1.807) is 0 Å². The van der Waals surface area contributed by atoms with Gasteiger partial charge in [0.2, 0.25) is 5.91 Å². The number of imide groups is 1. The van der Waals surface area contributed by atoms with E-state index in [9.17, 15) is 9.59 Å². The van der Waals surface area contributed by atoms with Crippen molar-refractivity contribution in [1.82, 2.24) is 14.9 Å². The van der Waals surface area contributed by atoms with Gasteiger partial charge in [0.25, 0.3) is 5.24 Å². The third kappa shape index (κ3) is 6.04. The van der Waals surface area contributed by atoms with E-state index in [2.05, 4.69) is 43.2 Å². The molecule has 39 heavy (non-hydrogen) atoms. The van der Waals surface area contributed by atoms with Crippen molar-refractivity contribution in [2.75, 3.05) is 11.9 Å². The normalized spacial score (nSPS) is 15.8. The van der Waals surface area contributed by atoms with Gasteiger partial charge in [0.05, 0.1) is 16.3 Å². The fourth-order valence-corrected chi connectivity index (χ4v) is 5.31. The Kier molecular flexibility index (Phi) is 7.79. The molecule has 2 unspecified atom stereocenters. The summed E-state index contributed by atoms with van der Waals surface area (Å²) in [5.74, 6) is 2.80. The highest BCUT2D eigenvalue weighted by Crippen LogP contribution is 2.30. The van der Waals surface area contributed by atoms with E-state index in [0.717, 1.165) is 57.8 Å². The number of nitrogens with zero attached hydrogens (tertiary/aromatic N) is 3. The number of aryl methyl sites for hydroxylation is 1. The van der Waals surface area contributed by atoms with Crippen LogP contribution in [0.3, 0.4) is 0 Å². The zero-order chi connectivity index (χ0) is 27.5. The molecule has 0 radical (unpaired) electrons. The molecule has 4 aromatic rings. The summed E-state index contributed by atoms with van der Waals surface area (Å²) in [7, 11) is 4.07. The van der Waals surface area contributed by atoms with Crippen molar-refractivity contribution >= 4 is 39.6 Å². The van der Waals surface area contributed by atoms with E-state index < -0.39 is 0 Å². The van der Waals surface area contributed by atoms with Crippen LogP contribution in [-0.2, 0) is 24.9 Å². The van der Waals surface area contributed by atoms with Crippen LogP contribution in [-0.4, -0.2) is 39.0 Å². The Balaban J connectivity index is 1.23. The minimum Gasteiger partial charge on any atom is -0.486 e. The molecule has 0 saturated carbocycles. The molecule has 0 spiro atoms. The monoisotopic (exact) mass is 544 g/mol. The molecular formula is C30H32N4O4S. The van der Waals surface area contributed by atoms with Crippen LogP contribution in [0.25, 0.3) is 11.0 Å². The number of benzene rings is 3. The van der Waals surface area contributed by atoms with E-state index >= 15 is 0 Å². The maximum atomic E-state index is 11.8. The summed E-state index contributed by atoms with van der Waals surface area (Å²) < 4.78 is 14.2. The van der Waals surface area contributed by atoms with Gasteiger partial charge in [0.15, 0.2) is 0 Å². The molecule has 2 heterocycles. The summed E-state index contributed by atoms with van der Waals surface area (Å²) in [5, 5.41) is 1.65. The van der Waals surface area contributed by atoms with Crippen LogP contribution in [0.1, 0.15) is 31.7 Å². The molecule has 1 aromatic heterocycles. The van der Waals surface area contributed by atoms with E-state index in [4.69, 9.17) is 14.5 Å². The van der Waals surface area contributed by atoms with E-state index in [1.165, 1.54) is 0 Å². The van der Waals surface area contributed by atoms with Crippen molar-refractivity contribution < 1.29 is 19.1 Å². The second-order valence-corrected chi connectivity index (χ2v) is 10.9. The molecule has 0 bridgehead atoms. The van der Waals surface area contributed by atoms with Crippen LogP contribution in [0.15, 0.2) is 66.7 Å². The Morgan fingerprint density at radius 1 is 1.05 bits per heavy atom. The molecule has 2 atom stereocenters. The van der Waals surface area contributed by atoms with Gasteiger partial charge in [-0.3, -0.25) is 14.9 Å². The van der Waals surface area contributed by atoms with Gasteiger partial charge in [-0.1, -0.05) is 36.9 Å². The van der Waals surface area contributed by atoms with Crippen LogP contribution < -0.4 is 19.7 Å². The number of carbonyl (C=O) groups is 2. The minimum absolute atomic E-state index is 0.233. The number of hydrogen-bond donors (Lipinski definition) is 1. The Labute approximate surface area is 232 Å². The lowest BCUT2D eigenvalue weighted by Crippen LogP contribution is -2.27. The molecule has 1 aliphatic heterocycles. The lowest BCUT2D eigenvalue weighted by atomic mass is 10.1. The molecule has 9 heteroatoms. The highest BCUT2D eigenvalue weighted by atomic mass is 32.2. The number of rotatable bonds is 10. The number of nitrogens with one attached hydrogen (secondary N) is 1. The Hall–Kier alpha value is -3.98. The van der Waals surface area contributed by atoms with Gasteiger partial charge >= 0.3 is 0 Å². The SMILES string of the molecule is CCC(C)N(C)c1cccc(Oc2ccc3nc(COc4ccc(CC5SC(=O)NC5=O)cc4)n(C)c3c2)c1. The Bertz CT molecular complexity index is 1500. The zero-order valence-electron chi connectivity index (χ0n) is 22.5. The Morgan fingerprint density at radius 3 is 2.51 bits per heavy atom. The number of imidazole rings is 1. The van der Waals surface area contributed by atoms with E-state index in [0.29, 0.717) is 24.8 Å². The van der Waals surface area contributed by atoms with Crippen LogP contribution in [0.4, 0.5) is 10.5 Å². The summed E-state index contributed by atoms with van der Waals surface area (Å²) in [6.07, 6.45) is 1.57. The van der Waals surface area contributed by atoms with Crippen molar-refractivity contribution in [2.45, 2.75) is 44.6 Å². The third-order valence-electron chi connectivity index (χ3n) is 7.14. The first-order chi connectivity index (χ1) is 18.8. The van der Waals surface area contributed by atoms with Gasteiger partial charge in [-0.25, -0.2) is 4.98 Å². The second-order valence-electron chi connectivity index (χ2n) is 9.73. The average Bonchev–Trinajstić information content (AvgIpc) is 3.43. The lowest BCUT2D eigenvalue weighted by molar-refractivity contribution is -0.118. The molecular weight excluding hydrogens is 512 g/mol. The van der Waals surface area contributed by atoms with Gasteiger partial charge < -0.3 is 18.9 Å². The maximum absolute atomic E-state index is 11.8. The fraction of sp³-hybridized carbons (Fsp3) is 0.300. The number of thioether (sulfide) groups is 1. The smallest absolute Gasteiger partial charge is 0.286 e. The van der Waals surface area contributed by atoms with Crippen molar-refractivity contribution in [1.29, 1.82) is 0 Å². The molecule has 2 amide bonds. The summed E-state index contributed by atoms with van der Waals surface area (Å²) in [6.45, 7) is 4.70. The summed E-state index contributed by atoms with van der Waals surface area (Å²) in [5.41, 5.74) is 3.91. The topological polar surface area (TPSA) is 85.7 Å². The number of ether oxygens (including phenoxy) is 2. The van der Waals surface area contributed by atoms with Gasteiger partial charge in [-0.15, -0.1) is 0 Å². The highest BCUT2D eigenvalue weighted by molar-refractivity contribution is 8.15. The molecule has 3 aromatic carbocycles. The first kappa shape index (κ1) is 26.6. The first-order valence-corrected chi connectivity index (χ1v) is 13.9. The van der Waals surface area contributed by atoms with E-state index in [-0.39, 0.29) is 16.4 Å². The number of amides is 2. The van der Waals surface area contributed by atoms with Crippen molar-refractivity contribution in [3.8, 4) is 17.2 Å². The zero-order valence-corrected chi connectivity index (χ0v) is 23.3. The molecule has 0 aliphatic carbocycles. The lowest BCUT2D eigenvalue weighted by Gasteiger charge is -2.26. The molecule has 1 saturated heterocycles. The van der Waals surface area contributed by atoms with Gasteiger partial charge in [0, 0.05) is 38.0 Å². The highest BCUT2D eigenvalue weighted by Gasteiger charge is 2.31. The summed E-state index contributed by atoms with van der Waals surface area (Å²) in [4.78, 5) is 30.2. The van der Waals surface area contributed by atoms with Gasteiger partial charge in [-0.05, 0) is 61.7 Å². The minimum atomic E-state index is -0.381. The van der Waals surface area contributed by atoms with Crippen LogP contribution in [0.5, 0.6) is 17.2 Å². The molecule has 202 valence electrons. The summed E-state index contributed by atoms with van der Waals surface area (Å²) >= 11 is 1.04. The standard InChI is InChI=1S/C30H32N4O4S/c1-5-19(2)33(3)21-7-6-8-23(16-21)38-24-13-14-25-26(17-24)34(4)28(31-25)18-37-22-11-9-20(10-12-22)15-27-29(35)32-30(36)39-27/h6-14,16-17,19,27H,5,15,18H2,1-4H3,(H,32,35,36). The quantitative estimate of drug-likeness (QED) is 0.259. The predicted molar refractivity (Wildman–Crippen MR) is 155 cm³/mol. The summed E-state index contributed by atoms with van der Waals surface area (Å²) in [6, 6.07) is 22.0. The first-order valence-electron chi connectivity index (χ1n) is 13.0. The van der Waals surface area contributed by atoms with Crippen LogP contribution in [0.2, 0.25) is 0 Å². The maximum Gasteiger partial charge on any atom is 0.286 e. The number of aromatic nitrogens is 2. The fourth-order valence-electron chi connectivity index (χ4n) is 4.45. The molecule has 1 N–H and O–H groups in total. The van der Waals surface area contributed by atoms with Crippen molar-refractivity contribution in [2.24, 2.45) is 7.05 Å². The Morgan fingerprint density at radius 2 is 1.79 bits per heavy atom. The number of hydrogen-bond acceptors (Lipinski definition) is 7. The number of anilines is 1. The van der Waals surface area contributed by atoms with Gasteiger partial charge in [0.1, 0.15) is 29.7 Å². The third-order valence-corrected chi connectivity index (χ3v) is 8.12. The predicted octanol–water partition coefficient (Wildman–Crippen LogP) is 6.07. The van der Waals surface area contributed by atoms with E-state index in [1.807, 2.05) is 66.2 Å². The average molecular weight is 545 g/mol. The van der Waals surface area contributed by atoms with Crippen molar-refractivity contribution in [3.63, 3.8) is 0 Å². The number of fused-ring (bicyclic) bond motifs is 1. The van der Waals surface area contributed by atoms with Crippen LogP contribution in [0, 0.1) is 0 Å². The van der Waals surface area contributed by atoms with Gasteiger partial charge in [-0.2, -0.15) is 0 Å². The molecule has 5 rings (SSSR count).